The van der Waals surface area contributed by atoms with Gasteiger partial charge in [0, 0.05) is 18.3 Å². The molecule has 2 aromatic carbocycles. The minimum absolute atomic E-state index is 0.631. The van der Waals surface area contributed by atoms with Gasteiger partial charge in [-0.05, 0) is 42.3 Å². The summed E-state index contributed by atoms with van der Waals surface area (Å²) in [4.78, 5) is 0. The van der Waals surface area contributed by atoms with Gasteiger partial charge in [0.1, 0.15) is 5.75 Å². The quantitative estimate of drug-likeness (QED) is 0.883. The zero-order valence-corrected chi connectivity index (χ0v) is 12.0. The Balaban J connectivity index is 2.55. The van der Waals surface area contributed by atoms with Gasteiger partial charge in [-0.3, -0.25) is 0 Å². The van der Waals surface area contributed by atoms with Gasteiger partial charge >= 0.3 is 6.18 Å². The van der Waals surface area contributed by atoms with Crippen LogP contribution in [0.3, 0.4) is 0 Å². The Labute approximate surface area is 121 Å². The van der Waals surface area contributed by atoms with Gasteiger partial charge in [0.2, 0.25) is 0 Å². The summed E-state index contributed by atoms with van der Waals surface area (Å²) in [7, 11) is 3.34. The summed E-state index contributed by atoms with van der Waals surface area (Å²) in [6.45, 7) is 1.90. The molecule has 0 unspecified atom stereocenters. The van der Waals surface area contributed by atoms with Crippen LogP contribution < -0.4 is 10.1 Å². The Morgan fingerprint density at radius 2 is 1.62 bits per heavy atom. The van der Waals surface area contributed by atoms with E-state index >= 15 is 0 Å². The van der Waals surface area contributed by atoms with Crippen molar-refractivity contribution in [2.75, 3.05) is 19.5 Å². The molecule has 2 nitrogen and oxygen atoms in total. The predicted octanol–water partition coefficient (Wildman–Crippen LogP) is 4.73. The first-order chi connectivity index (χ1) is 9.88. The predicted molar refractivity (Wildman–Crippen MR) is 77.7 cm³/mol. The third-order valence-electron chi connectivity index (χ3n) is 3.42. The molecule has 0 aliphatic rings. The molecule has 0 aliphatic heterocycles. The first-order valence-corrected chi connectivity index (χ1v) is 6.41. The monoisotopic (exact) mass is 295 g/mol. The summed E-state index contributed by atoms with van der Waals surface area (Å²) in [6.07, 6.45) is -4.33. The number of hydrogen-bond acceptors (Lipinski definition) is 2. The van der Waals surface area contributed by atoms with Gasteiger partial charge in [0.15, 0.2) is 0 Å². The standard InChI is InChI=1S/C16H16F3NO/c1-10-13(20-2)8-9-14(21-3)15(10)11-4-6-12(7-5-11)16(17,18)19/h4-9,20H,1-3H3. The molecule has 0 aliphatic carbocycles. The Bertz CT molecular complexity index is 633. The number of rotatable bonds is 3. The largest absolute Gasteiger partial charge is 0.496 e. The molecule has 0 amide bonds. The zero-order chi connectivity index (χ0) is 15.6. The number of ether oxygens (including phenoxy) is 1. The SMILES string of the molecule is CNc1ccc(OC)c(-c2ccc(C(F)(F)F)cc2)c1C. The van der Waals surface area contributed by atoms with Crippen LogP contribution >= 0.6 is 0 Å². The molecule has 21 heavy (non-hydrogen) atoms. The van der Waals surface area contributed by atoms with Gasteiger partial charge < -0.3 is 10.1 Å². The molecule has 0 atom stereocenters. The Hall–Kier alpha value is -2.17. The fourth-order valence-corrected chi connectivity index (χ4v) is 2.31. The maximum absolute atomic E-state index is 12.6. The molecule has 0 saturated heterocycles. The van der Waals surface area contributed by atoms with E-state index in [1.54, 1.807) is 20.2 Å². The lowest BCUT2D eigenvalue weighted by Gasteiger charge is -2.16. The van der Waals surface area contributed by atoms with E-state index in [9.17, 15) is 13.2 Å². The highest BCUT2D eigenvalue weighted by Gasteiger charge is 2.30. The Kier molecular flexibility index (Phi) is 4.11. The molecule has 1 N–H and O–H groups in total. The number of anilines is 1. The topological polar surface area (TPSA) is 21.3 Å². The van der Waals surface area contributed by atoms with Crippen LogP contribution in [-0.2, 0) is 6.18 Å². The molecule has 5 heteroatoms. The average Bonchev–Trinajstić information content (AvgIpc) is 2.46. The summed E-state index contributed by atoms with van der Waals surface area (Å²) in [6, 6.07) is 8.77. The van der Waals surface area contributed by atoms with Crippen molar-refractivity contribution in [2.24, 2.45) is 0 Å². The van der Waals surface area contributed by atoms with Crippen LogP contribution in [0.2, 0.25) is 0 Å². The second-order valence-electron chi connectivity index (χ2n) is 4.64. The molecular weight excluding hydrogens is 279 g/mol. The van der Waals surface area contributed by atoms with E-state index in [2.05, 4.69) is 5.32 Å². The summed E-state index contributed by atoms with van der Waals surface area (Å²) in [5, 5.41) is 3.06. The van der Waals surface area contributed by atoms with Gasteiger partial charge in [-0.2, -0.15) is 13.2 Å². The lowest BCUT2D eigenvalue weighted by molar-refractivity contribution is -0.137. The van der Waals surface area contributed by atoms with Crippen LogP contribution in [0.4, 0.5) is 18.9 Å². The lowest BCUT2D eigenvalue weighted by atomic mass is 9.97. The summed E-state index contributed by atoms with van der Waals surface area (Å²) < 4.78 is 43.2. The number of nitrogens with one attached hydrogen (secondary N) is 1. The Morgan fingerprint density at radius 1 is 1.00 bits per heavy atom. The van der Waals surface area contributed by atoms with Gasteiger partial charge in [-0.1, -0.05) is 12.1 Å². The van der Waals surface area contributed by atoms with Crippen molar-refractivity contribution in [1.82, 2.24) is 0 Å². The van der Waals surface area contributed by atoms with Crippen LogP contribution in [0.5, 0.6) is 5.75 Å². The molecule has 0 radical (unpaired) electrons. The van der Waals surface area contributed by atoms with Crippen LogP contribution in [-0.4, -0.2) is 14.2 Å². The third kappa shape index (κ3) is 2.96. The van der Waals surface area contributed by atoms with Crippen LogP contribution in [0.25, 0.3) is 11.1 Å². The highest BCUT2D eigenvalue weighted by atomic mass is 19.4. The number of hydrogen-bond donors (Lipinski definition) is 1. The molecule has 2 aromatic rings. The molecule has 0 fully saturated rings. The third-order valence-corrected chi connectivity index (χ3v) is 3.42. The molecule has 0 spiro atoms. The van der Waals surface area contributed by atoms with E-state index in [1.807, 2.05) is 13.0 Å². The fourth-order valence-electron chi connectivity index (χ4n) is 2.31. The van der Waals surface area contributed by atoms with E-state index in [4.69, 9.17) is 4.74 Å². The summed E-state index contributed by atoms with van der Waals surface area (Å²) >= 11 is 0. The van der Waals surface area contributed by atoms with E-state index in [0.29, 0.717) is 11.3 Å². The van der Waals surface area contributed by atoms with E-state index < -0.39 is 11.7 Å². The number of alkyl halides is 3. The lowest BCUT2D eigenvalue weighted by Crippen LogP contribution is -2.04. The molecule has 0 bridgehead atoms. The summed E-state index contributed by atoms with van der Waals surface area (Å²) in [5.74, 6) is 0.631. The first-order valence-electron chi connectivity index (χ1n) is 6.41. The summed E-state index contributed by atoms with van der Waals surface area (Å²) in [5.41, 5.74) is 2.66. The zero-order valence-electron chi connectivity index (χ0n) is 12.0. The first kappa shape index (κ1) is 15.2. The van der Waals surface area contributed by atoms with Crippen molar-refractivity contribution in [2.45, 2.75) is 13.1 Å². The van der Waals surface area contributed by atoms with Crippen molar-refractivity contribution in [3.8, 4) is 16.9 Å². The number of methoxy groups -OCH3 is 1. The van der Waals surface area contributed by atoms with Gasteiger partial charge in [0.25, 0.3) is 0 Å². The van der Waals surface area contributed by atoms with Gasteiger partial charge in [0.05, 0.1) is 12.7 Å². The minimum Gasteiger partial charge on any atom is -0.496 e. The van der Waals surface area contributed by atoms with Crippen molar-refractivity contribution >= 4 is 5.69 Å². The van der Waals surface area contributed by atoms with Crippen LogP contribution in [0.1, 0.15) is 11.1 Å². The van der Waals surface area contributed by atoms with Crippen molar-refractivity contribution in [3.63, 3.8) is 0 Å². The normalized spacial score (nSPS) is 11.3. The van der Waals surface area contributed by atoms with Crippen molar-refractivity contribution in [3.05, 3.63) is 47.5 Å². The van der Waals surface area contributed by atoms with Crippen molar-refractivity contribution in [1.29, 1.82) is 0 Å². The molecular formula is C16H16F3NO. The van der Waals surface area contributed by atoms with Crippen LogP contribution in [0, 0.1) is 6.92 Å². The fraction of sp³-hybridized carbons (Fsp3) is 0.250. The van der Waals surface area contributed by atoms with E-state index in [0.717, 1.165) is 28.9 Å². The highest BCUT2D eigenvalue weighted by molar-refractivity contribution is 5.79. The molecule has 2 rings (SSSR count). The van der Waals surface area contributed by atoms with Gasteiger partial charge in [-0.15, -0.1) is 0 Å². The smallest absolute Gasteiger partial charge is 0.416 e. The van der Waals surface area contributed by atoms with Crippen LogP contribution in [0.15, 0.2) is 36.4 Å². The van der Waals surface area contributed by atoms with Gasteiger partial charge in [-0.25, -0.2) is 0 Å². The minimum atomic E-state index is -4.33. The second kappa shape index (κ2) is 5.68. The van der Waals surface area contributed by atoms with E-state index in [1.165, 1.54) is 12.1 Å². The van der Waals surface area contributed by atoms with E-state index in [-0.39, 0.29) is 0 Å². The molecule has 0 aromatic heterocycles. The van der Waals surface area contributed by atoms with Crippen molar-refractivity contribution < 1.29 is 17.9 Å². The number of benzene rings is 2. The second-order valence-corrected chi connectivity index (χ2v) is 4.64. The average molecular weight is 295 g/mol. The highest BCUT2D eigenvalue weighted by Crippen LogP contribution is 2.38. The maximum Gasteiger partial charge on any atom is 0.416 e. The molecule has 0 heterocycles. The molecule has 0 saturated carbocycles. The maximum atomic E-state index is 12.6. The Morgan fingerprint density at radius 3 is 2.10 bits per heavy atom. The molecule has 112 valence electrons. The number of halogens is 3.